The molecule has 0 fully saturated rings. The minimum absolute atomic E-state index is 0.161. The third-order valence-electron chi connectivity index (χ3n) is 4.18. The van der Waals surface area contributed by atoms with Crippen LogP contribution in [0.15, 0.2) is 53.2 Å². The number of cyclic esters (lactones) is 1. The third kappa shape index (κ3) is 5.63. The van der Waals surface area contributed by atoms with E-state index in [0.29, 0.717) is 35.0 Å². The van der Waals surface area contributed by atoms with Crippen molar-refractivity contribution in [2.24, 2.45) is 4.99 Å². The van der Waals surface area contributed by atoms with Crippen molar-refractivity contribution in [1.82, 2.24) is 0 Å². The molecule has 0 aromatic heterocycles. The number of aliphatic imine (C=N–C) groups is 1. The molecular weight excluding hydrogens is 402 g/mol. The van der Waals surface area contributed by atoms with Crippen LogP contribution in [0.5, 0.6) is 17.2 Å². The number of esters is 2. The van der Waals surface area contributed by atoms with Crippen molar-refractivity contribution < 1.29 is 33.3 Å². The van der Waals surface area contributed by atoms with Gasteiger partial charge < -0.3 is 23.7 Å². The summed E-state index contributed by atoms with van der Waals surface area (Å²) in [6.45, 7) is 4.01. The van der Waals surface area contributed by atoms with E-state index in [1.807, 2.05) is 6.92 Å². The Morgan fingerprint density at radius 2 is 1.81 bits per heavy atom. The molecule has 0 saturated carbocycles. The monoisotopic (exact) mass is 425 g/mol. The summed E-state index contributed by atoms with van der Waals surface area (Å²) in [5.74, 6) is 0.730. The zero-order valence-corrected chi connectivity index (χ0v) is 17.5. The molecule has 0 bridgehead atoms. The lowest BCUT2D eigenvalue weighted by Crippen LogP contribution is -2.15. The van der Waals surface area contributed by atoms with Gasteiger partial charge in [0.05, 0.1) is 20.3 Å². The maximum Gasteiger partial charge on any atom is 0.363 e. The minimum Gasteiger partial charge on any atom is -0.497 e. The van der Waals surface area contributed by atoms with Gasteiger partial charge in [-0.1, -0.05) is 6.07 Å². The van der Waals surface area contributed by atoms with Crippen LogP contribution in [-0.2, 0) is 19.1 Å². The summed E-state index contributed by atoms with van der Waals surface area (Å²) >= 11 is 0. The zero-order valence-electron chi connectivity index (χ0n) is 17.5. The van der Waals surface area contributed by atoms with Gasteiger partial charge in [0.1, 0.15) is 5.75 Å². The van der Waals surface area contributed by atoms with Gasteiger partial charge in [0.25, 0.3) is 0 Å². The van der Waals surface area contributed by atoms with Gasteiger partial charge in [-0.15, -0.1) is 0 Å². The Morgan fingerprint density at radius 1 is 1.03 bits per heavy atom. The molecule has 2 aromatic rings. The Bertz CT molecular complexity index is 1010. The van der Waals surface area contributed by atoms with E-state index in [9.17, 15) is 9.59 Å². The molecule has 0 unspecified atom stereocenters. The van der Waals surface area contributed by atoms with Crippen LogP contribution < -0.4 is 14.2 Å². The molecule has 2 aromatic carbocycles. The highest BCUT2D eigenvalue weighted by Crippen LogP contribution is 2.30. The standard InChI is InChI=1S/C23H23NO7/c1-4-28-20-13-15(6-11-19(20)30-14-21(25)29-5-2)12-18-23(26)31-22(24-18)16-7-9-17(27-3)10-8-16/h6-13H,4-5,14H2,1-3H3/b18-12+. The molecule has 0 saturated heterocycles. The highest BCUT2D eigenvalue weighted by atomic mass is 16.6. The number of carbonyl (C=O) groups is 2. The van der Waals surface area contributed by atoms with Crippen LogP contribution in [0.25, 0.3) is 6.08 Å². The summed E-state index contributed by atoms with van der Waals surface area (Å²) in [5, 5.41) is 0. The molecule has 31 heavy (non-hydrogen) atoms. The normalized spacial score (nSPS) is 14.1. The maximum absolute atomic E-state index is 12.3. The van der Waals surface area contributed by atoms with Crippen LogP contribution >= 0.6 is 0 Å². The smallest absolute Gasteiger partial charge is 0.363 e. The van der Waals surface area contributed by atoms with Crippen molar-refractivity contribution in [1.29, 1.82) is 0 Å². The molecule has 1 aliphatic heterocycles. The average molecular weight is 425 g/mol. The largest absolute Gasteiger partial charge is 0.497 e. The van der Waals surface area contributed by atoms with Gasteiger partial charge >= 0.3 is 11.9 Å². The molecule has 1 heterocycles. The topological polar surface area (TPSA) is 92.7 Å². The molecule has 0 aliphatic carbocycles. The van der Waals surface area contributed by atoms with Crippen LogP contribution in [0.2, 0.25) is 0 Å². The molecule has 3 rings (SSSR count). The van der Waals surface area contributed by atoms with E-state index in [-0.39, 0.29) is 24.8 Å². The van der Waals surface area contributed by atoms with Crippen LogP contribution in [0.1, 0.15) is 25.0 Å². The highest BCUT2D eigenvalue weighted by Gasteiger charge is 2.24. The molecule has 0 spiro atoms. The first-order valence-electron chi connectivity index (χ1n) is 9.76. The van der Waals surface area contributed by atoms with Gasteiger partial charge in [-0.3, -0.25) is 0 Å². The van der Waals surface area contributed by atoms with E-state index < -0.39 is 11.9 Å². The molecular formula is C23H23NO7. The van der Waals surface area contributed by atoms with Crippen molar-refractivity contribution in [3.8, 4) is 17.2 Å². The van der Waals surface area contributed by atoms with Gasteiger partial charge in [-0.25, -0.2) is 14.6 Å². The number of benzene rings is 2. The first kappa shape index (κ1) is 21.9. The van der Waals surface area contributed by atoms with E-state index in [4.69, 9.17) is 23.7 Å². The number of hydrogen-bond acceptors (Lipinski definition) is 8. The zero-order chi connectivity index (χ0) is 22.2. The summed E-state index contributed by atoms with van der Waals surface area (Å²) in [4.78, 5) is 28.1. The van der Waals surface area contributed by atoms with E-state index >= 15 is 0 Å². The van der Waals surface area contributed by atoms with Crippen molar-refractivity contribution in [3.63, 3.8) is 0 Å². The van der Waals surface area contributed by atoms with Gasteiger partial charge in [-0.05, 0) is 61.9 Å². The van der Waals surface area contributed by atoms with Crippen molar-refractivity contribution in [3.05, 3.63) is 59.3 Å². The van der Waals surface area contributed by atoms with Crippen molar-refractivity contribution in [2.45, 2.75) is 13.8 Å². The summed E-state index contributed by atoms with van der Waals surface area (Å²) < 4.78 is 26.4. The van der Waals surface area contributed by atoms with Crippen LogP contribution in [-0.4, -0.2) is 44.8 Å². The number of hydrogen-bond donors (Lipinski definition) is 0. The maximum atomic E-state index is 12.3. The lowest BCUT2D eigenvalue weighted by molar-refractivity contribution is -0.145. The van der Waals surface area contributed by atoms with Gasteiger partial charge in [0, 0.05) is 5.56 Å². The Kier molecular flexibility index (Phi) is 7.26. The lowest BCUT2D eigenvalue weighted by Gasteiger charge is -2.12. The lowest BCUT2D eigenvalue weighted by atomic mass is 10.1. The van der Waals surface area contributed by atoms with Crippen LogP contribution in [0, 0.1) is 0 Å². The molecule has 0 amide bonds. The second-order valence-corrected chi connectivity index (χ2v) is 6.30. The predicted molar refractivity (Wildman–Crippen MR) is 113 cm³/mol. The summed E-state index contributed by atoms with van der Waals surface area (Å²) in [6.07, 6.45) is 1.59. The van der Waals surface area contributed by atoms with Gasteiger partial charge in [0.2, 0.25) is 5.90 Å². The molecule has 0 radical (unpaired) electrons. The fourth-order valence-corrected chi connectivity index (χ4v) is 2.77. The predicted octanol–water partition coefficient (Wildman–Crippen LogP) is 3.38. The number of methoxy groups -OCH3 is 1. The first-order chi connectivity index (χ1) is 15.0. The van der Waals surface area contributed by atoms with Crippen LogP contribution in [0.4, 0.5) is 0 Å². The molecule has 8 heteroatoms. The Hall–Kier alpha value is -3.81. The minimum atomic E-state index is -0.550. The van der Waals surface area contributed by atoms with E-state index in [0.717, 1.165) is 0 Å². The summed E-state index contributed by atoms with van der Waals surface area (Å²) in [7, 11) is 1.58. The Labute approximate surface area is 180 Å². The molecule has 162 valence electrons. The first-order valence-corrected chi connectivity index (χ1v) is 9.76. The SMILES string of the molecule is CCOC(=O)COc1ccc(/C=C2/N=C(c3ccc(OC)cc3)OC2=O)cc1OCC. The summed E-state index contributed by atoms with van der Waals surface area (Å²) in [6, 6.07) is 12.1. The molecule has 1 aliphatic rings. The van der Waals surface area contributed by atoms with Gasteiger partial charge in [0.15, 0.2) is 23.8 Å². The van der Waals surface area contributed by atoms with E-state index in [1.54, 1.807) is 62.6 Å². The van der Waals surface area contributed by atoms with Crippen molar-refractivity contribution in [2.75, 3.05) is 26.9 Å². The molecule has 8 nitrogen and oxygen atoms in total. The number of ether oxygens (including phenoxy) is 5. The Morgan fingerprint density at radius 3 is 2.48 bits per heavy atom. The number of carbonyl (C=O) groups excluding carboxylic acids is 2. The quantitative estimate of drug-likeness (QED) is 0.449. The fourth-order valence-electron chi connectivity index (χ4n) is 2.77. The number of nitrogens with zero attached hydrogens (tertiary/aromatic N) is 1. The van der Waals surface area contributed by atoms with Gasteiger partial charge in [-0.2, -0.15) is 0 Å². The Balaban J connectivity index is 1.80. The second kappa shape index (κ2) is 10.3. The third-order valence-corrected chi connectivity index (χ3v) is 4.18. The highest BCUT2D eigenvalue weighted by molar-refractivity contribution is 6.12. The van der Waals surface area contributed by atoms with E-state index in [1.165, 1.54) is 0 Å². The number of rotatable bonds is 9. The van der Waals surface area contributed by atoms with Crippen LogP contribution in [0.3, 0.4) is 0 Å². The second-order valence-electron chi connectivity index (χ2n) is 6.30. The molecule has 0 N–H and O–H groups in total. The molecule has 0 atom stereocenters. The van der Waals surface area contributed by atoms with E-state index in [2.05, 4.69) is 4.99 Å². The summed E-state index contributed by atoms with van der Waals surface area (Å²) in [5.41, 5.74) is 1.49. The fraction of sp³-hybridized carbons (Fsp3) is 0.261. The average Bonchev–Trinajstić information content (AvgIpc) is 3.14. The van der Waals surface area contributed by atoms with Crippen molar-refractivity contribution >= 4 is 23.9 Å².